The molecule has 3 rings (SSSR count). The van der Waals surface area contributed by atoms with Crippen LogP contribution in [0.4, 0.5) is 5.69 Å². The van der Waals surface area contributed by atoms with Crippen molar-refractivity contribution in [2.45, 2.75) is 50.3 Å². The largest absolute Gasteiger partial charge is 0.368 e. The van der Waals surface area contributed by atoms with Crippen molar-refractivity contribution in [3.8, 4) is 0 Å². The molecule has 1 aromatic carbocycles. The second-order valence-electron chi connectivity index (χ2n) is 8.25. The van der Waals surface area contributed by atoms with Crippen molar-refractivity contribution in [3.63, 3.8) is 0 Å². The second kappa shape index (κ2) is 12.1. The molecule has 0 radical (unpaired) electrons. The van der Waals surface area contributed by atoms with Crippen molar-refractivity contribution in [2.75, 3.05) is 50.4 Å². The summed E-state index contributed by atoms with van der Waals surface area (Å²) in [6.07, 6.45) is 4.60. The van der Waals surface area contributed by atoms with Crippen molar-refractivity contribution < 1.29 is 9.00 Å². The first kappa shape index (κ1) is 23.6. The second-order valence-corrected chi connectivity index (χ2v) is 10.3. The number of carbonyl (C=O) groups is 1. The molecule has 1 heterocycles. The van der Waals surface area contributed by atoms with Crippen LogP contribution in [0.25, 0.3) is 0 Å². The molecular formula is C23H37N5O2S. The van der Waals surface area contributed by atoms with Crippen LogP contribution < -0.4 is 15.5 Å². The van der Waals surface area contributed by atoms with Gasteiger partial charge in [-0.3, -0.25) is 14.0 Å². The van der Waals surface area contributed by atoms with Crippen molar-refractivity contribution in [3.05, 3.63) is 30.3 Å². The van der Waals surface area contributed by atoms with Crippen LogP contribution in [-0.4, -0.2) is 77.8 Å². The van der Waals surface area contributed by atoms with Crippen molar-refractivity contribution in [1.29, 1.82) is 0 Å². The first-order chi connectivity index (χ1) is 15.1. The van der Waals surface area contributed by atoms with Crippen molar-refractivity contribution >= 4 is 28.4 Å². The summed E-state index contributed by atoms with van der Waals surface area (Å²) >= 11 is 0. The maximum Gasteiger partial charge on any atom is 0.224 e. The smallest absolute Gasteiger partial charge is 0.224 e. The molecule has 1 aromatic rings. The molecule has 31 heavy (non-hydrogen) atoms. The van der Waals surface area contributed by atoms with Crippen LogP contribution >= 0.6 is 0 Å². The fourth-order valence-corrected chi connectivity index (χ4v) is 5.79. The Kier molecular flexibility index (Phi) is 9.18. The molecule has 0 spiro atoms. The van der Waals surface area contributed by atoms with E-state index < -0.39 is 10.8 Å². The van der Waals surface area contributed by atoms with Crippen LogP contribution in [0.15, 0.2) is 35.3 Å². The first-order valence-corrected chi connectivity index (χ1v) is 12.9. The normalized spacial score (nSPS) is 23.4. The highest BCUT2D eigenvalue weighted by Crippen LogP contribution is 2.23. The molecule has 2 fully saturated rings. The van der Waals surface area contributed by atoms with E-state index in [1.807, 2.05) is 17.9 Å². The minimum atomic E-state index is -0.734. The van der Waals surface area contributed by atoms with Gasteiger partial charge in [-0.2, -0.15) is 0 Å². The van der Waals surface area contributed by atoms with E-state index in [0.29, 0.717) is 19.0 Å². The molecule has 1 saturated carbocycles. The summed E-state index contributed by atoms with van der Waals surface area (Å²) in [5.41, 5.74) is 1.22. The lowest BCUT2D eigenvalue weighted by Crippen LogP contribution is -2.50. The molecule has 3 atom stereocenters. The highest BCUT2D eigenvalue weighted by Gasteiger charge is 2.26. The van der Waals surface area contributed by atoms with Gasteiger partial charge in [0, 0.05) is 79.7 Å². The molecule has 2 N–H and O–H groups in total. The summed E-state index contributed by atoms with van der Waals surface area (Å²) in [5, 5.41) is 7.03. The average molecular weight is 448 g/mol. The minimum Gasteiger partial charge on any atom is -0.368 e. The van der Waals surface area contributed by atoms with Gasteiger partial charge in [-0.1, -0.05) is 31.5 Å². The summed E-state index contributed by atoms with van der Waals surface area (Å²) in [4.78, 5) is 21.2. The summed E-state index contributed by atoms with van der Waals surface area (Å²) in [6.45, 7) is 5.82. The number of hydrogen-bond acceptors (Lipinski definition) is 4. The number of guanidine groups is 1. The highest BCUT2D eigenvalue weighted by molar-refractivity contribution is 7.85. The van der Waals surface area contributed by atoms with Crippen LogP contribution in [0.3, 0.4) is 0 Å². The van der Waals surface area contributed by atoms with Crippen LogP contribution in [0.2, 0.25) is 0 Å². The molecule has 0 bridgehead atoms. The van der Waals surface area contributed by atoms with Crippen LogP contribution in [0.5, 0.6) is 0 Å². The maximum absolute atomic E-state index is 12.6. The molecule has 1 saturated heterocycles. The molecule has 1 aliphatic heterocycles. The lowest BCUT2D eigenvalue weighted by molar-refractivity contribution is -0.131. The Morgan fingerprint density at radius 3 is 2.58 bits per heavy atom. The van der Waals surface area contributed by atoms with Gasteiger partial charge in [0.15, 0.2) is 5.96 Å². The third-order valence-electron chi connectivity index (χ3n) is 6.23. The zero-order chi connectivity index (χ0) is 22.1. The standard InChI is InChI=1S/C23H37N5O2S/c1-3-31(30)21-11-7-8-19(18-21)26-23(24-2)25-13-12-22(29)28-16-14-27(15-17-28)20-9-5-4-6-10-20/h4-6,9-10,19,21H,3,7-8,11-18H2,1-2H3,(H2,24,25,26). The third kappa shape index (κ3) is 6.95. The molecule has 3 unspecified atom stereocenters. The average Bonchev–Trinajstić information content (AvgIpc) is 2.83. The number of carbonyl (C=O) groups excluding carboxylic acids is 1. The highest BCUT2D eigenvalue weighted by atomic mass is 32.2. The molecule has 172 valence electrons. The first-order valence-electron chi connectivity index (χ1n) is 11.5. The monoisotopic (exact) mass is 447 g/mol. The van der Waals surface area contributed by atoms with E-state index in [1.54, 1.807) is 7.05 Å². The quantitative estimate of drug-likeness (QED) is 0.494. The summed E-state index contributed by atoms with van der Waals surface area (Å²) in [6, 6.07) is 10.7. The SMILES string of the molecule is CCS(=O)C1CCCC(NC(=NC)NCCC(=O)N2CCN(c3ccccc3)CC2)C1. The number of anilines is 1. The van der Waals surface area contributed by atoms with Crippen LogP contribution in [-0.2, 0) is 15.6 Å². The number of benzene rings is 1. The van der Waals surface area contributed by atoms with Crippen molar-refractivity contribution in [1.82, 2.24) is 15.5 Å². The summed E-state index contributed by atoms with van der Waals surface area (Å²) in [5.74, 6) is 1.65. The number of amides is 1. The topological polar surface area (TPSA) is 77.0 Å². The maximum atomic E-state index is 12.6. The van der Waals surface area contributed by atoms with E-state index in [9.17, 15) is 9.00 Å². The van der Waals surface area contributed by atoms with E-state index in [0.717, 1.165) is 63.6 Å². The van der Waals surface area contributed by atoms with E-state index in [4.69, 9.17) is 0 Å². The number of nitrogens with zero attached hydrogens (tertiary/aromatic N) is 3. The Hall–Kier alpha value is -2.09. The molecule has 8 heteroatoms. The van der Waals surface area contributed by atoms with Crippen molar-refractivity contribution in [2.24, 2.45) is 4.99 Å². The summed E-state index contributed by atoms with van der Waals surface area (Å²) < 4.78 is 12.2. The molecule has 1 amide bonds. The van der Waals surface area contributed by atoms with Crippen LogP contribution in [0, 0.1) is 0 Å². The Morgan fingerprint density at radius 2 is 1.90 bits per heavy atom. The molecular weight excluding hydrogens is 410 g/mol. The lowest BCUT2D eigenvalue weighted by Gasteiger charge is -2.36. The van der Waals surface area contributed by atoms with E-state index in [1.165, 1.54) is 5.69 Å². The van der Waals surface area contributed by atoms with E-state index in [-0.39, 0.29) is 11.2 Å². The van der Waals surface area contributed by atoms with Gasteiger partial charge < -0.3 is 20.4 Å². The fourth-order valence-electron chi connectivity index (χ4n) is 4.44. The molecule has 0 aromatic heterocycles. The molecule has 2 aliphatic rings. The van der Waals surface area contributed by atoms with Gasteiger partial charge in [-0.05, 0) is 31.4 Å². The Balaban J connectivity index is 1.37. The Labute approximate surface area is 189 Å². The Bertz CT molecular complexity index is 750. The number of nitrogens with one attached hydrogen (secondary N) is 2. The zero-order valence-corrected chi connectivity index (χ0v) is 19.7. The van der Waals surface area contributed by atoms with Gasteiger partial charge >= 0.3 is 0 Å². The molecule has 7 nitrogen and oxygen atoms in total. The molecule has 1 aliphatic carbocycles. The minimum absolute atomic E-state index is 0.187. The van der Waals surface area contributed by atoms with E-state index in [2.05, 4.69) is 44.8 Å². The van der Waals surface area contributed by atoms with Gasteiger partial charge in [0.1, 0.15) is 0 Å². The fraction of sp³-hybridized carbons (Fsp3) is 0.652. The van der Waals surface area contributed by atoms with E-state index >= 15 is 0 Å². The predicted octanol–water partition coefficient (Wildman–Crippen LogP) is 1.97. The van der Waals surface area contributed by atoms with Gasteiger partial charge in [-0.25, -0.2) is 0 Å². The van der Waals surface area contributed by atoms with Gasteiger partial charge in [0.2, 0.25) is 5.91 Å². The van der Waals surface area contributed by atoms with Gasteiger partial charge in [-0.15, -0.1) is 0 Å². The number of piperazine rings is 1. The number of rotatable bonds is 7. The van der Waals surface area contributed by atoms with Gasteiger partial charge in [0.05, 0.1) is 0 Å². The zero-order valence-electron chi connectivity index (χ0n) is 18.9. The number of hydrogen-bond donors (Lipinski definition) is 2. The third-order valence-corrected chi connectivity index (χ3v) is 7.97. The van der Waals surface area contributed by atoms with Crippen LogP contribution in [0.1, 0.15) is 39.0 Å². The predicted molar refractivity (Wildman–Crippen MR) is 129 cm³/mol. The Morgan fingerprint density at radius 1 is 1.16 bits per heavy atom. The van der Waals surface area contributed by atoms with Gasteiger partial charge in [0.25, 0.3) is 0 Å². The number of para-hydroxylation sites is 1. The number of aliphatic imine (C=N–C) groups is 1. The lowest BCUT2D eigenvalue weighted by atomic mass is 9.95. The summed E-state index contributed by atoms with van der Waals surface area (Å²) in [7, 11) is 1.02.